The summed E-state index contributed by atoms with van der Waals surface area (Å²) in [5.74, 6) is 0.330. The van der Waals surface area contributed by atoms with E-state index < -0.39 is 0 Å². The molecular weight excluding hydrogens is 166 g/mol. The predicted octanol–water partition coefficient (Wildman–Crippen LogP) is 1.08. The van der Waals surface area contributed by atoms with Gasteiger partial charge < -0.3 is 4.74 Å². The lowest BCUT2D eigenvalue weighted by atomic mass is 10.1. The van der Waals surface area contributed by atoms with Crippen molar-refractivity contribution in [1.29, 1.82) is 0 Å². The number of methoxy groups -OCH3 is 1. The smallest absolute Gasteiger partial charge is 0.146 e. The van der Waals surface area contributed by atoms with Crippen molar-refractivity contribution in [3.8, 4) is 0 Å². The van der Waals surface area contributed by atoms with Crippen LogP contribution in [0.15, 0.2) is 0 Å². The molecule has 0 N–H and O–H groups in total. The van der Waals surface area contributed by atoms with Crippen molar-refractivity contribution >= 4 is 5.78 Å². The molecular formula is C10H19NO2. The molecule has 0 aromatic carbocycles. The molecule has 1 unspecified atom stereocenters. The van der Waals surface area contributed by atoms with E-state index in [1.165, 1.54) is 0 Å². The third-order valence-electron chi connectivity index (χ3n) is 2.59. The van der Waals surface area contributed by atoms with Crippen LogP contribution in [-0.4, -0.2) is 43.5 Å². The highest BCUT2D eigenvalue weighted by Crippen LogP contribution is 2.12. The van der Waals surface area contributed by atoms with E-state index in [-0.39, 0.29) is 0 Å². The molecule has 0 saturated carbocycles. The van der Waals surface area contributed by atoms with E-state index >= 15 is 0 Å². The molecule has 1 fully saturated rings. The number of likely N-dealkylation sites (tertiary alicyclic amines) is 1. The van der Waals surface area contributed by atoms with Crippen LogP contribution in [0.5, 0.6) is 0 Å². The summed E-state index contributed by atoms with van der Waals surface area (Å²) in [5.41, 5.74) is 0. The molecule has 0 aliphatic carbocycles. The van der Waals surface area contributed by atoms with Crippen LogP contribution in [0, 0.1) is 0 Å². The summed E-state index contributed by atoms with van der Waals surface area (Å²) in [5, 5.41) is 0. The lowest BCUT2D eigenvalue weighted by Crippen LogP contribution is -2.41. The molecule has 13 heavy (non-hydrogen) atoms. The highest BCUT2D eigenvalue weighted by Gasteiger charge is 2.20. The highest BCUT2D eigenvalue weighted by molar-refractivity contribution is 5.80. The van der Waals surface area contributed by atoms with Gasteiger partial charge in [-0.2, -0.15) is 0 Å². The minimum atomic E-state index is 0.330. The molecule has 1 atom stereocenters. The molecule has 0 aromatic rings. The molecule has 1 aliphatic heterocycles. The number of carbonyl (C=O) groups excluding carboxylic acids is 1. The maximum absolute atomic E-state index is 11.2. The molecule has 3 nitrogen and oxygen atoms in total. The SMILES string of the molecule is CCC(=O)CN1CCCC(OC)C1. The van der Waals surface area contributed by atoms with Crippen molar-refractivity contribution in [1.82, 2.24) is 4.90 Å². The van der Waals surface area contributed by atoms with E-state index in [1.54, 1.807) is 7.11 Å². The van der Waals surface area contributed by atoms with E-state index in [1.807, 2.05) is 6.92 Å². The molecule has 0 radical (unpaired) electrons. The van der Waals surface area contributed by atoms with Gasteiger partial charge in [0.15, 0.2) is 0 Å². The number of carbonyl (C=O) groups is 1. The second-order valence-corrected chi connectivity index (χ2v) is 3.63. The van der Waals surface area contributed by atoms with Gasteiger partial charge in [0.25, 0.3) is 0 Å². The first kappa shape index (κ1) is 10.7. The maximum atomic E-state index is 11.2. The van der Waals surface area contributed by atoms with E-state index in [0.29, 0.717) is 24.9 Å². The van der Waals surface area contributed by atoms with Crippen molar-refractivity contribution in [2.75, 3.05) is 26.7 Å². The zero-order valence-electron chi connectivity index (χ0n) is 8.58. The Hall–Kier alpha value is -0.410. The fourth-order valence-electron chi connectivity index (χ4n) is 1.71. The Labute approximate surface area is 80.1 Å². The van der Waals surface area contributed by atoms with Crippen LogP contribution in [0.25, 0.3) is 0 Å². The summed E-state index contributed by atoms with van der Waals surface area (Å²) >= 11 is 0. The molecule has 3 heteroatoms. The summed E-state index contributed by atoms with van der Waals surface area (Å²) in [6.07, 6.45) is 3.26. The molecule has 0 spiro atoms. The first-order valence-electron chi connectivity index (χ1n) is 5.03. The van der Waals surface area contributed by atoms with Crippen molar-refractivity contribution in [3.05, 3.63) is 0 Å². The van der Waals surface area contributed by atoms with Gasteiger partial charge in [0, 0.05) is 20.1 Å². The number of hydrogen-bond acceptors (Lipinski definition) is 3. The van der Waals surface area contributed by atoms with E-state index in [9.17, 15) is 4.79 Å². The van der Waals surface area contributed by atoms with Crippen LogP contribution in [0.4, 0.5) is 0 Å². The predicted molar refractivity (Wildman–Crippen MR) is 51.8 cm³/mol. The quantitative estimate of drug-likeness (QED) is 0.656. The van der Waals surface area contributed by atoms with Crippen LogP contribution >= 0.6 is 0 Å². The first-order chi connectivity index (χ1) is 6.26. The molecule has 0 amide bonds. The zero-order chi connectivity index (χ0) is 9.68. The Morgan fingerprint density at radius 2 is 2.38 bits per heavy atom. The number of piperidine rings is 1. The van der Waals surface area contributed by atoms with Crippen molar-refractivity contribution in [3.63, 3.8) is 0 Å². The topological polar surface area (TPSA) is 29.5 Å². The van der Waals surface area contributed by atoms with Crippen LogP contribution in [0.2, 0.25) is 0 Å². The number of hydrogen-bond donors (Lipinski definition) is 0. The molecule has 1 saturated heterocycles. The first-order valence-corrected chi connectivity index (χ1v) is 5.03. The van der Waals surface area contributed by atoms with Crippen molar-refractivity contribution in [2.24, 2.45) is 0 Å². The summed E-state index contributed by atoms with van der Waals surface area (Å²) < 4.78 is 5.28. The fraction of sp³-hybridized carbons (Fsp3) is 0.900. The summed E-state index contributed by atoms with van der Waals surface area (Å²) in [4.78, 5) is 13.4. The Bertz CT molecular complexity index is 170. The number of ether oxygens (including phenoxy) is 1. The van der Waals surface area contributed by atoms with Crippen LogP contribution < -0.4 is 0 Å². The number of ketones is 1. The van der Waals surface area contributed by atoms with E-state index in [0.717, 1.165) is 25.9 Å². The third-order valence-corrected chi connectivity index (χ3v) is 2.59. The average Bonchev–Trinajstić information content (AvgIpc) is 2.18. The van der Waals surface area contributed by atoms with Gasteiger partial charge in [0.1, 0.15) is 5.78 Å². The van der Waals surface area contributed by atoms with Gasteiger partial charge in [-0.3, -0.25) is 9.69 Å². The zero-order valence-corrected chi connectivity index (χ0v) is 8.58. The molecule has 1 heterocycles. The lowest BCUT2D eigenvalue weighted by Gasteiger charge is -2.31. The second kappa shape index (κ2) is 5.35. The van der Waals surface area contributed by atoms with Crippen molar-refractivity contribution < 1.29 is 9.53 Å². The molecule has 76 valence electrons. The summed E-state index contributed by atoms with van der Waals surface area (Å²) in [6, 6.07) is 0. The minimum Gasteiger partial charge on any atom is -0.380 e. The van der Waals surface area contributed by atoms with Crippen LogP contribution in [0.3, 0.4) is 0 Å². The Balaban J connectivity index is 2.29. The second-order valence-electron chi connectivity index (χ2n) is 3.63. The number of nitrogens with zero attached hydrogens (tertiary/aromatic N) is 1. The van der Waals surface area contributed by atoms with Gasteiger partial charge >= 0.3 is 0 Å². The maximum Gasteiger partial charge on any atom is 0.146 e. The van der Waals surface area contributed by atoms with Crippen LogP contribution in [0.1, 0.15) is 26.2 Å². The molecule has 1 aliphatic rings. The lowest BCUT2D eigenvalue weighted by molar-refractivity contribution is -0.120. The average molecular weight is 185 g/mol. The monoisotopic (exact) mass is 185 g/mol. The van der Waals surface area contributed by atoms with E-state index in [2.05, 4.69) is 4.90 Å². The Kier molecular flexibility index (Phi) is 4.39. The van der Waals surface area contributed by atoms with Gasteiger partial charge in [0.2, 0.25) is 0 Å². The van der Waals surface area contributed by atoms with Crippen molar-refractivity contribution in [2.45, 2.75) is 32.3 Å². The molecule has 0 aromatic heterocycles. The van der Waals surface area contributed by atoms with Gasteiger partial charge in [-0.25, -0.2) is 0 Å². The molecule has 0 bridgehead atoms. The highest BCUT2D eigenvalue weighted by atomic mass is 16.5. The largest absolute Gasteiger partial charge is 0.380 e. The normalized spacial score (nSPS) is 24.6. The van der Waals surface area contributed by atoms with E-state index in [4.69, 9.17) is 4.74 Å². The Morgan fingerprint density at radius 1 is 1.62 bits per heavy atom. The minimum absolute atomic E-state index is 0.330. The van der Waals surface area contributed by atoms with Gasteiger partial charge in [0.05, 0.1) is 12.6 Å². The fourth-order valence-corrected chi connectivity index (χ4v) is 1.71. The van der Waals surface area contributed by atoms with Gasteiger partial charge in [-0.1, -0.05) is 6.92 Å². The van der Waals surface area contributed by atoms with Gasteiger partial charge in [-0.15, -0.1) is 0 Å². The third kappa shape index (κ3) is 3.44. The Morgan fingerprint density at radius 3 is 3.00 bits per heavy atom. The standard InChI is InChI=1S/C10H19NO2/c1-3-9(12)7-11-6-4-5-10(8-11)13-2/h10H,3-8H2,1-2H3. The van der Waals surface area contributed by atoms with Crippen LogP contribution in [-0.2, 0) is 9.53 Å². The summed E-state index contributed by atoms with van der Waals surface area (Å²) in [7, 11) is 1.75. The summed E-state index contributed by atoms with van der Waals surface area (Å²) in [6.45, 7) is 4.49. The van der Waals surface area contributed by atoms with Gasteiger partial charge in [-0.05, 0) is 19.4 Å². The number of rotatable bonds is 4. The molecule has 1 rings (SSSR count). The number of Topliss-reactive ketones (excluding diaryl/α,β-unsaturated/α-hetero) is 1.